The van der Waals surface area contributed by atoms with Crippen molar-refractivity contribution in [2.75, 3.05) is 38.9 Å². The molecule has 0 atom stereocenters. The number of phenolic OH excluding ortho intramolecular Hbond substituents is 2. The summed E-state index contributed by atoms with van der Waals surface area (Å²) in [7, 11) is 3.27. The molecule has 1 aliphatic carbocycles. The number of aromatic nitrogens is 1. The summed E-state index contributed by atoms with van der Waals surface area (Å²) < 4.78 is 26.5. The Hall–Kier alpha value is -7.58. The van der Waals surface area contributed by atoms with E-state index in [1.807, 2.05) is 114 Å². The zero-order chi connectivity index (χ0) is 48.2. The highest BCUT2D eigenvalue weighted by Crippen LogP contribution is 2.47. The molecule has 9 rings (SSSR count). The summed E-state index contributed by atoms with van der Waals surface area (Å²) in [6.07, 6.45) is 18.9. The molecule has 1 aliphatic heterocycles. The number of aryl methyl sites for hydroxylation is 2. The zero-order valence-corrected chi connectivity index (χ0v) is 40.7. The molecule has 0 radical (unpaired) electrons. The Morgan fingerprint density at radius 1 is 0.544 bits per heavy atom. The van der Waals surface area contributed by atoms with Crippen molar-refractivity contribution in [2.45, 2.75) is 60.8 Å². The van der Waals surface area contributed by atoms with Gasteiger partial charge < -0.3 is 38.6 Å². The van der Waals surface area contributed by atoms with Crippen LogP contribution in [-0.2, 0) is 12.8 Å². The van der Waals surface area contributed by atoms with Gasteiger partial charge in [-0.25, -0.2) is 0 Å². The molecule has 2 aliphatic rings. The number of rotatable bonds is 12. The molecule has 68 heavy (non-hydrogen) atoms. The molecule has 2 N–H and O–H groups in total. The van der Waals surface area contributed by atoms with Crippen molar-refractivity contribution in [1.82, 2.24) is 4.57 Å². The number of methoxy groups -OCH3 is 2. The normalized spacial score (nSPS) is 13.5. The third kappa shape index (κ3) is 10.2. The van der Waals surface area contributed by atoms with E-state index in [1.165, 1.54) is 5.56 Å². The topological polar surface area (TPSA) is 85.5 Å². The largest absolute Gasteiger partial charge is 0.505 e. The van der Waals surface area contributed by atoms with Gasteiger partial charge in [-0.2, -0.15) is 0 Å². The molecule has 0 amide bonds. The minimum atomic E-state index is 0.155. The van der Waals surface area contributed by atoms with Gasteiger partial charge in [0, 0.05) is 64.0 Å². The number of fused-ring (bicyclic) bond motifs is 4. The smallest absolute Gasteiger partial charge is 0.147 e. The first-order chi connectivity index (χ1) is 33.3. The molecule has 1 aromatic heterocycles. The maximum Gasteiger partial charge on any atom is 0.147 e. The number of ether oxygens (including phenoxy) is 4. The SMILES string of the molecule is CC.CC.COc1ccc(OCCCOc2ccc(OC)cc2-c2cc(C)cc(-n3c4c(c5ccccc53)C=CC=CC4)c2O)c(-c2cc(C)cc(N3C/C=C\C=C/Cc4ccccc43)c2O)c1. The average Bonchev–Trinajstić information content (AvgIpc) is 3.55. The Morgan fingerprint density at radius 2 is 1.10 bits per heavy atom. The van der Waals surface area contributed by atoms with E-state index >= 15 is 0 Å². The van der Waals surface area contributed by atoms with E-state index in [4.69, 9.17) is 18.9 Å². The standard InChI is InChI=1S/C56H52N2O6.2C2H6/c1-37-31-46(55(59)51(33-37)57-28-15-6-5-8-17-39-18-11-13-21-48(39)57)44-35-40(61-3)24-26-53(44)63-29-16-30-64-54-27-25-41(62-4)36-45(54)47-32-38(2)34-52(56(47)60)58-49-22-10-7-9-19-42(49)43-20-12-14-23-50(43)58;2*1-2/h5-15,18-21,23-27,31-36,59-60H,16-17,22,28-30H2,1-4H3;2*1-2H3/b8-5-,15-6-;;. The lowest BCUT2D eigenvalue weighted by Gasteiger charge is -2.28. The molecule has 0 unspecified atom stereocenters. The van der Waals surface area contributed by atoms with E-state index in [0.717, 1.165) is 62.9 Å². The van der Waals surface area contributed by atoms with Crippen LogP contribution in [0.15, 0.2) is 152 Å². The molecular formula is C60H64N2O6. The number of benzene rings is 6. The van der Waals surface area contributed by atoms with Gasteiger partial charge in [0.05, 0.1) is 44.3 Å². The summed E-state index contributed by atoms with van der Waals surface area (Å²) in [6, 6.07) is 36.1. The van der Waals surface area contributed by atoms with Crippen LogP contribution in [0.25, 0.3) is 44.9 Å². The van der Waals surface area contributed by atoms with Crippen molar-refractivity contribution < 1.29 is 29.2 Å². The number of nitrogens with zero attached hydrogens (tertiary/aromatic N) is 2. The van der Waals surface area contributed by atoms with Gasteiger partial charge >= 0.3 is 0 Å². The average molecular weight is 909 g/mol. The van der Waals surface area contributed by atoms with Gasteiger partial charge in [0.25, 0.3) is 0 Å². The zero-order valence-electron chi connectivity index (χ0n) is 40.7. The van der Waals surface area contributed by atoms with Crippen molar-refractivity contribution >= 4 is 28.4 Å². The molecular weight excluding hydrogens is 845 g/mol. The Balaban J connectivity index is 0.00000167. The van der Waals surface area contributed by atoms with E-state index in [0.29, 0.717) is 71.7 Å². The summed E-state index contributed by atoms with van der Waals surface area (Å²) >= 11 is 0. The van der Waals surface area contributed by atoms with Crippen molar-refractivity contribution in [1.29, 1.82) is 0 Å². The highest BCUT2D eigenvalue weighted by Gasteiger charge is 2.24. The van der Waals surface area contributed by atoms with Gasteiger partial charge in [-0.05, 0) is 110 Å². The fourth-order valence-electron chi connectivity index (χ4n) is 8.86. The molecule has 8 nitrogen and oxygen atoms in total. The van der Waals surface area contributed by atoms with Crippen LogP contribution in [0.1, 0.15) is 62.1 Å². The van der Waals surface area contributed by atoms with Gasteiger partial charge in [-0.3, -0.25) is 0 Å². The second-order valence-electron chi connectivity index (χ2n) is 16.1. The maximum absolute atomic E-state index is 12.2. The van der Waals surface area contributed by atoms with Gasteiger partial charge in [0.2, 0.25) is 0 Å². The number of para-hydroxylation sites is 2. The third-order valence-corrected chi connectivity index (χ3v) is 11.9. The van der Waals surface area contributed by atoms with E-state index in [9.17, 15) is 10.2 Å². The van der Waals surface area contributed by atoms with Crippen LogP contribution in [0.4, 0.5) is 11.4 Å². The number of anilines is 2. The maximum atomic E-state index is 12.2. The van der Waals surface area contributed by atoms with Crippen LogP contribution in [0.3, 0.4) is 0 Å². The number of hydrogen-bond acceptors (Lipinski definition) is 7. The Bertz CT molecular complexity index is 2990. The first-order valence-corrected chi connectivity index (χ1v) is 23.8. The number of phenols is 2. The Morgan fingerprint density at radius 3 is 1.76 bits per heavy atom. The van der Waals surface area contributed by atoms with E-state index in [-0.39, 0.29) is 11.5 Å². The molecule has 0 saturated carbocycles. The Labute approximate surface area is 402 Å². The lowest BCUT2D eigenvalue weighted by molar-refractivity contribution is 0.248. The van der Waals surface area contributed by atoms with Gasteiger partial charge in [-0.1, -0.05) is 113 Å². The first kappa shape index (κ1) is 48.4. The predicted molar refractivity (Wildman–Crippen MR) is 282 cm³/mol. The van der Waals surface area contributed by atoms with Crippen LogP contribution >= 0.6 is 0 Å². The second-order valence-corrected chi connectivity index (χ2v) is 16.1. The first-order valence-electron chi connectivity index (χ1n) is 23.8. The summed E-state index contributed by atoms with van der Waals surface area (Å²) in [6.45, 7) is 13.4. The monoisotopic (exact) mass is 908 g/mol. The van der Waals surface area contributed by atoms with E-state index in [1.54, 1.807) is 14.2 Å². The highest BCUT2D eigenvalue weighted by molar-refractivity contribution is 5.94. The van der Waals surface area contributed by atoms with E-state index < -0.39 is 0 Å². The Kier molecular flexibility index (Phi) is 16.2. The lowest BCUT2D eigenvalue weighted by Crippen LogP contribution is -2.19. The molecule has 2 heterocycles. The minimum Gasteiger partial charge on any atom is -0.505 e. The lowest BCUT2D eigenvalue weighted by atomic mass is 9.98. The van der Waals surface area contributed by atoms with Crippen LogP contribution < -0.4 is 23.8 Å². The van der Waals surface area contributed by atoms with Crippen molar-refractivity contribution in [3.8, 4) is 62.4 Å². The van der Waals surface area contributed by atoms with Crippen molar-refractivity contribution in [3.05, 3.63) is 180 Å². The molecule has 8 heteroatoms. The van der Waals surface area contributed by atoms with Gasteiger partial charge in [0.1, 0.15) is 34.5 Å². The molecule has 0 bridgehead atoms. The molecule has 0 spiro atoms. The molecule has 0 saturated heterocycles. The molecule has 0 fully saturated rings. The van der Waals surface area contributed by atoms with Crippen LogP contribution in [0.5, 0.6) is 34.5 Å². The third-order valence-electron chi connectivity index (χ3n) is 11.9. The van der Waals surface area contributed by atoms with Gasteiger partial charge in [-0.15, -0.1) is 0 Å². The van der Waals surface area contributed by atoms with Crippen LogP contribution in [0.2, 0.25) is 0 Å². The fraction of sp³-hybridized carbons (Fsp3) is 0.233. The predicted octanol–water partition coefficient (Wildman–Crippen LogP) is 14.8. The quantitative estimate of drug-likeness (QED) is 0.118. The number of aromatic hydroxyl groups is 2. The van der Waals surface area contributed by atoms with Crippen molar-refractivity contribution in [2.24, 2.45) is 0 Å². The molecule has 7 aromatic rings. The number of allylic oxidation sites excluding steroid dienone is 6. The van der Waals surface area contributed by atoms with E-state index in [2.05, 4.69) is 94.5 Å². The van der Waals surface area contributed by atoms with Gasteiger partial charge in [0.15, 0.2) is 0 Å². The van der Waals surface area contributed by atoms with Crippen molar-refractivity contribution in [3.63, 3.8) is 0 Å². The summed E-state index contributed by atoms with van der Waals surface area (Å²) in [5, 5.41) is 25.5. The fourth-order valence-corrected chi connectivity index (χ4v) is 8.86. The number of hydrogen-bond donors (Lipinski definition) is 2. The van der Waals surface area contributed by atoms with Crippen LogP contribution in [-0.4, -0.2) is 48.8 Å². The summed E-state index contributed by atoms with van der Waals surface area (Å²) in [5.74, 6) is 2.85. The highest BCUT2D eigenvalue weighted by atomic mass is 16.5. The summed E-state index contributed by atoms with van der Waals surface area (Å²) in [5.41, 5.74) is 11.7. The molecule has 350 valence electrons. The van der Waals surface area contributed by atoms with Crippen LogP contribution in [0, 0.1) is 13.8 Å². The minimum absolute atomic E-state index is 0.155. The summed E-state index contributed by atoms with van der Waals surface area (Å²) in [4.78, 5) is 2.17. The molecule has 6 aromatic carbocycles. The second kappa shape index (κ2) is 22.7.